The van der Waals surface area contributed by atoms with Crippen LogP contribution >= 0.6 is 0 Å². The number of hydrogen-bond donors (Lipinski definition) is 0. The molecule has 164 valence electrons. The quantitative estimate of drug-likeness (QED) is 0.512. The Balaban J connectivity index is 1.64. The predicted molar refractivity (Wildman–Crippen MR) is 111 cm³/mol. The van der Waals surface area contributed by atoms with Gasteiger partial charge < -0.3 is 4.74 Å². The lowest BCUT2D eigenvalue weighted by molar-refractivity contribution is -0.393. The Hall–Kier alpha value is -4.28. The number of nitro groups is 2. The van der Waals surface area contributed by atoms with Crippen LogP contribution in [-0.4, -0.2) is 33.3 Å². The van der Waals surface area contributed by atoms with E-state index in [0.29, 0.717) is 17.8 Å². The molecule has 11 nitrogen and oxygen atoms in total. The molecule has 11 heteroatoms. The molecule has 0 saturated heterocycles. The zero-order valence-electron chi connectivity index (χ0n) is 17.0. The number of nitro benzene ring substituents is 2. The molecule has 0 radical (unpaired) electrons. The van der Waals surface area contributed by atoms with Crippen LogP contribution in [-0.2, 0) is 16.1 Å². The molecule has 2 aromatic rings. The molecule has 0 spiro atoms. The number of rotatable bonds is 5. The molecule has 0 bridgehead atoms. The number of anilines is 1. The number of hydrogen-bond acceptors (Lipinski definition) is 7. The van der Waals surface area contributed by atoms with Crippen LogP contribution in [0.1, 0.15) is 18.9 Å². The largest absolute Gasteiger partial charge is 0.444 e. The Morgan fingerprint density at radius 1 is 1.12 bits per heavy atom. The van der Waals surface area contributed by atoms with Gasteiger partial charge in [-0.2, -0.15) is 0 Å². The molecular weight excluding hydrogens is 420 g/mol. The van der Waals surface area contributed by atoms with Gasteiger partial charge in [-0.25, -0.2) is 4.79 Å². The summed E-state index contributed by atoms with van der Waals surface area (Å²) in [5, 5.41) is 22.6. The maximum atomic E-state index is 13.0. The van der Waals surface area contributed by atoms with Crippen LogP contribution in [0.15, 0.2) is 59.9 Å². The van der Waals surface area contributed by atoms with Crippen LogP contribution in [0, 0.1) is 26.1 Å². The third kappa shape index (κ3) is 3.53. The molecule has 0 N–H and O–H groups in total. The van der Waals surface area contributed by atoms with Crippen molar-refractivity contribution in [2.45, 2.75) is 20.0 Å². The standard InChI is InChI=1S/C21H18N4O7/c1-13-19-17(9-10-22(19)21(27)32-12-14-5-3-2-4-6-14)23(20(13)26)16-8-7-15(24(28)29)11-18(16)25(30)31/h2-8,11,13H,9-10,12H2,1H3. The molecule has 1 atom stereocenters. The van der Waals surface area contributed by atoms with E-state index in [9.17, 15) is 29.8 Å². The maximum Gasteiger partial charge on any atom is 0.414 e. The Kier molecular flexibility index (Phi) is 5.31. The van der Waals surface area contributed by atoms with Crippen LogP contribution in [0.3, 0.4) is 0 Å². The summed E-state index contributed by atoms with van der Waals surface area (Å²) in [6.07, 6.45) is -0.321. The van der Waals surface area contributed by atoms with Crippen LogP contribution in [0.4, 0.5) is 21.9 Å². The first-order valence-electron chi connectivity index (χ1n) is 9.77. The van der Waals surface area contributed by atoms with E-state index in [2.05, 4.69) is 0 Å². The van der Waals surface area contributed by atoms with E-state index < -0.39 is 39.1 Å². The van der Waals surface area contributed by atoms with E-state index in [-0.39, 0.29) is 18.8 Å². The first kappa shape index (κ1) is 21.0. The average molecular weight is 438 g/mol. The third-order valence-electron chi connectivity index (χ3n) is 5.46. The number of amides is 2. The van der Waals surface area contributed by atoms with Gasteiger partial charge in [0, 0.05) is 24.7 Å². The van der Waals surface area contributed by atoms with Crippen molar-refractivity contribution in [1.82, 2.24) is 4.90 Å². The minimum absolute atomic E-state index is 0.0676. The van der Waals surface area contributed by atoms with E-state index in [0.717, 1.165) is 17.7 Å². The van der Waals surface area contributed by atoms with Crippen molar-refractivity contribution in [3.63, 3.8) is 0 Å². The molecule has 1 unspecified atom stereocenters. The second-order valence-electron chi connectivity index (χ2n) is 7.36. The number of carbonyl (C=O) groups is 2. The van der Waals surface area contributed by atoms with E-state index >= 15 is 0 Å². The van der Waals surface area contributed by atoms with Gasteiger partial charge in [0.25, 0.3) is 11.4 Å². The molecule has 2 aliphatic rings. The zero-order valence-corrected chi connectivity index (χ0v) is 17.0. The Morgan fingerprint density at radius 3 is 2.50 bits per heavy atom. The normalized spacial score (nSPS) is 17.5. The minimum Gasteiger partial charge on any atom is -0.444 e. The topological polar surface area (TPSA) is 136 Å². The molecule has 0 saturated carbocycles. The van der Waals surface area contributed by atoms with Crippen LogP contribution in [0.25, 0.3) is 0 Å². The fourth-order valence-corrected chi connectivity index (χ4v) is 3.99. The van der Waals surface area contributed by atoms with E-state index in [4.69, 9.17) is 4.74 Å². The van der Waals surface area contributed by atoms with Gasteiger partial charge in [-0.1, -0.05) is 30.3 Å². The molecule has 4 rings (SSSR count). The Bertz CT molecular complexity index is 1160. The highest BCUT2D eigenvalue weighted by Crippen LogP contribution is 2.45. The minimum atomic E-state index is -0.764. The van der Waals surface area contributed by atoms with Crippen molar-refractivity contribution < 1.29 is 24.2 Å². The van der Waals surface area contributed by atoms with Gasteiger partial charge in [0.05, 0.1) is 27.5 Å². The molecule has 2 aliphatic heterocycles. The molecule has 0 aromatic heterocycles. The second-order valence-corrected chi connectivity index (χ2v) is 7.36. The smallest absolute Gasteiger partial charge is 0.414 e. The van der Waals surface area contributed by atoms with Crippen molar-refractivity contribution in [2.75, 3.05) is 11.4 Å². The molecular formula is C21H18N4O7. The number of ether oxygens (including phenoxy) is 1. The van der Waals surface area contributed by atoms with Crippen molar-refractivity contribution in [2.24, 2.45) is 5.92 Å². The first-order chi connectivity index (χ1) is 15.3. The third-order valence-corrected chi connectivity index (χ3v) is 5.46. The molecule has 0 aliphatic carbocycles. The summed E-state index contributed by atoms with van der Waals surface area (Å²) in [6, 6.07) is 12.3. The highest BCUT2D eigenvalue weighted by molar-refractivity contribution is 6.05. The van der Waals surface area contributed by atoms with Gasteiger partial charge in [-0.05, 0) is 18.6 Å². The summed E-state index contributed by atoms with van der Waals surface area (Å²) in [5.74, 6) is -1.18. The van der Waals surface area contributed by atoms with Gasteiger partial charge >= 0.3 is 6.09 Å². The maximum absolute atomic E-state index is 13.0. The zero-order chi connectivity index (χ0) is 23.0. The monoisotopic (exact) mass is 438 g/mol. The van der Waals surface area contributed by atoms with Gasteiger partial charge in [-0.3, -0.25) is 34.8 Å². The highest BCUT2D eigenvalue weighted by Gasteiger charge is 2.47. The molecule has 2 aromatic carbocycles. The average Bonchev–Trinajstić information content (AvgIpc) is 3.31. The highest BCUT2D eigenvalue weighted by atomic mass is 16.6. The van der Waals surface area contributed by atoms with Crippen LogP contribution in [0.5, 0.6) is 0 Å². The SMILES string of the molecule is CC1C(=O)N(c2ccc([N+](=O)[O-])cc2[N+](=O)[O-])C2=C1N(C(=O)OCc1ccccc1)CC2. The second kappa shape index (κ2) is 8.10. The summed E-state index contributed by atoms with van der Waals surface area (Å²) in [5.41, 5.74) is 0.622. The summed E-state index contributed by atoms with van der Waals surface area (Å²) < 4.78 is 5.39. The lowest BCUT2D eigenvalue weighted by Crippen LogP contribution is -2.34. The van der Waals surface area contributed by atoms with Gasteiger partial charge in [0.15, 0.2) is 0 Å². The molecule has 2 amide bonds. The summed E-state index contributed by atoms with van der Waals surface area (Å²) >= 11 is 0. The summed E-state index contributed by atoms with van der Waals surface area (Å²) in [6.45, 7) is 1.93. The fourth-order valence-electron chi connectivity index (χ4n) is 3.99. The van der Waals surface area contributed by atoms with E-state index in [1.54, 1.807) is 6.92 Å². The predicted octanol–water partition coefficient (Wildman–Crippen LogP) is 3.74. The van der Waals surface area contributed by atoms with Crippen molar-refractivity contribution >= 4 is 29.1 Å². The fraction of sp³-hybridized carbons (Fsp3) is 0.238. The molecule has 0 fully saturated rings. The van der Waals surface area contributed by atoms with Gasteiger partial charge in [0.1, 0.15) is 12.3 Å². The van der Waals surface area contributed by atoms with Crippen molar-refractivity contribution in [3.05, 3.63) is 85.7 Å². The van der Waals surface area contributed by atoms with E-state index in [1.165, 1.54) is 15.9 Å². The number of benzene rings is 2. The van der Waals surface area contributed by atoms with Crippen LogP contribution in [0.2, 0.25) is 0 Å². The lowest BCUT2D eigenvalue weighted by Gasteiger charge is -2.22. The Labute approximate surface area is 181 Å². The van der Waals surface area contributed by atoms with Gasteiger partial charge in [-0.15, -0.1) is 0 Å². The first-order valence-corrected chi connectivity index (χ1v) is 9.77. The molecule has 2 heterocycles. The number of carbonyl (C=O) groups excluding carboxylic acids is 2. The van der Waals surface area contributed by atoms with Crippen molar-refractivity contribution in [3.8, 4) is 0 Å². The number of non-ortho nitro benzene ring substituents is 1. The number of nitrogens with zero attached hydrogens (tertiary/aromatic N) is 4. The van der Waals surface area contributed by atoms with E-state index in [1.807, 2.05) is 30.3 Å². The van der Waals surface area contributed by atoms with Crippen molar-refractivity contribution in [1.29, 1.82) is 0 Å². The lowest BCUT2D eigenvalue weighted by atomic mass is 10.1. The van der Waals surface area contributed by atoms with Gasteiger partial charge in [0.2, 0.25) is 5.91 Å². The summed E-state index contributed by atoms with van der Waals surface area (Å²) in [7, 11) is 0. The van der Waals surface area contributed by atoms with Crippen LogP contribution < -0.4 is 4.90 Å². The summed E-state index contributed by atoms with van der Waals surface area (Å²) in [4.78, 5) is 49.4. The Morgan fingerprint density at radius 2 is 1.84 bits per heavy atom. The molecule has 32 heavy (non-hydrogen) atoms.